The summed E-state index contributed by atoms with van der Waals surface area (Å²) in [5, 5.41) is 17.5. The molecule has 1 fully saturated rings. The predicted molar refractivity (Wildman–Crippen MR) is 124 cm³/mol. The van der Waals surface area contributed by atoms with E-state index in [-0.39, 0.29) is 29.0 Å². The van der Waals surface area contributed by atoms with Crippen LogP contribution < -0.4 is 5.56 Å². The lowest BCUT2D eigenvalue weighted by molar-refractivity contribution is 0.0690. The van der Waals surface area contributed by atoms with Crippen LogP contribution in [0, 0.1) is 19.8 Å². The number of hydrogen-bond donors (Lipinski definition) is 2. The van der Waals surface area contributed by atoms with Gasteiger partial charge in [-0.1, -0.05) is 49.6 Å². The molecule has 2 aliphatic rings. The van der Waals surface area contributed by atoms with Crippen LogP contribution >= 0.6 is 0 Å². The van der Waals surface area contributed by atoms with Gasteiger partial charge in [-0.05, 0) is 44.1 Å². The summed E-state index contributed by atoms with van der Waals surface area (Å²) in [6.45, 7) is 5.98. The molecule has 0 amide bonds. The highest BCUT2D eigenvalue weighted by Crippen LogP contribution is 2.40. The van der Waals surface area contributed by atoms with E-state index in [1.165, 1.54) is 17.0 Å². The molecule has 8 nitrogen and oxygen atoms in total. The summed E-state index contributed by atoms with van der Waals surface area (Å²) in [5.74, 6) is -0.140. The summed E-state index contributed by atoms with van der Waals surface area (Å²) in [6, 6.07) is 1.43. The highest BCUT2D eigenvalue weighted by Gasteiger charge is 2.31. The third-order valence-electron chi connectivity index (χ3n) is 7.06. The molecule has 0 radical (unpaired) electrons. The molecule has 3 aromatic rings. The van der Waals surface area contributed by atoms with Crippen molar-refractivity contribution in [1.29, 1.82) is 0 Å². The fourth-order valence-electron chi connectivity index (χ4n) is 5.46. The second-order valence-electron chi connectivity index (χ2n) is 9.29. The Morgan fingerprint density at radius 2 is 2.00 bits per heavy atom. The summed E-state index contributed by atoms with van der Waals surface area (Å²) in [5.41, 5.74) is 4.61. The van der Waals surface area contributed by atoms with Gasteiger partial charge in [0.25, 0.3) is 5.56 Å². The average molecular weight is 449 g/mol. The number of aromatic nitrogens is 4. The number of aromatic amines is 1. The molecule has 0 bridgehead atoms. The summed E-state index contributed by atoms with van der Waals surface area (Å²) in [7, 11) is 0. The van der Waals surface area contributed by atoms with Crippen LogP contribution in [0.25, 0.3) is 11.2 Å². The number of aromatic carboxylic acids is 1. The van der Waals surface area contributed by atoms with Crippen molar-refractivity contribution in [3.8, 4) is 0 Å². The van der Waals surface area contributed by atoms with Gasteiger partial charge in [-0.3, -0.25) is 4.79 Å². The number of carboxylic acids is 1. The summed E-state index contributed by atoms with van der Waals surface area (Å²) in [4.78, 5) is 28.5. The van der Waals surface area contributed by atoms with Crippen LogP contribution in [0.1, 0.15) is 89.6 Å². The molecule has 5 rings (SSSR count). The number of H-pyrrole nitrogens is 1. The smallest absolute Gasteiger partial charge is 0.356 e. The fraction of sp³-hybridized carbons (Fsp3) is 0.440. The quantitative estimate of drug-likeness (QED) is 0.596. The molecular weight excluding hydrogens is 420 g/mol. The van der Waals surface area contributed by atoms with Gasteiger partial charge in [0.05, 0.1) is 5.69 Å². The van der Waals surface area contributed by atoms with Gasteiger partial charge in [-0.2, -0.15) is 9.61 Å². The maximum Gasteiger partial charge on any atom is 0.356 e. The average Bonchev–Trinajstić information content (AvgIpc) is 3.37. The Labute approximate surface area is 191 Å². The first kappa shape index (κ1) is 21.4. The number of fused-ring (bicyclic) bond motifs is 1. The Bertz CT molecular complexity index is 1330. The number of aryl methyl sites for hydroxylation is 2. The maximum atomic E-state index is 13.6. The Balaban J connectivity index is 1.63. The molecule has 33 heavy (non-hydrogen) atoms. The third kappa shape index (κ3) is 3.63. The second-order valence-corrected chi connectivity index (χ2v) is 9.29. The van der Waals surface area contributed by atoms with E-state index in [9.17, 15) is 14.7 Å². The molecule has 0 spiro atoms. The van der Waals surface area contributed by atoms with Crippen molar-refractivity contribution in [3.05, 3.63) is 68.6 Å². The van der Waals surface area contributed by atoms with Crippen molar-refractivity contribution in [3.63, 3.8) is 0 Å². The van der Waals surface area contributed by atoms with E-state index in [1.54, 1.807) is 0 Å². The standard InChI is InChI=1S/C25H28N4O4/c1-13-11-17(21-14(2)28-33-15(21)3)9-10-18(13)23-22(16-7-5-4-6-8-16)24(30)29-20(26-23)12-19(27-29)25(31)32/h9-13,16,18,26H,4-8H2,1-3H3,(H,31,32)/t13-,18?/m1/s1. The van der Waals surface area contributed by atoms with Gasteiger partial charge in [-0.15, -0.1) is 0 Å². The second kappa shape index (κ2) is 8.17. The first-order valence-electron chi connectivity index (χ1n) is 11.6. The van der Waals surface area contributed by atoms with E-state index in [0.29, 0.717) is 5.65 Å². The molecule has 0 aliphatic heterocycles. The van der Waals surface area contributed by atoms with Crippen LogP contribution in [-0.2, 0) is 0 Å². The van der Waals surface area contributed by atoms with Crippen molar-refractivity contribution in [1.82, 2.24) is 19.8 Å². The normalized spacial score (nSPS) is 21.5. The van der Waals surface area contributed by atoms with Crippen molar-refractivity contribution in [2.45, 2.75) is 64.7 Å². The Morgan fingerprint density at radius 1 is 1.24 bits per heavy atom. The molecular formula is C25H28N4O4. The molecule has 0 aromatic carbocycles. The van der Waals surface area contributed by atoms with Crippen LogP contribution in [0.15, 0.2) is 33.6 Å². The van der Waals surface area contributed by atoms with Gasteiger partial charge in [0, 0.05) is 28.8 Å². The van der Waals surface area contributed by atoms with Crippen LogP contribution in [0.4, 0.5) is 0 Å². The number of rotatable bonds is 4. The third-order valence-corrected chi connectivity index (χ3v) is 7.06. The molecule has 2 N–H and O–H groups in total. The lowest BCUT2D eigenvalue weighted by Crippen LogP contribution is -2.28. The molecule has 1 saturated carbocycles. The molecule has 2 atom stereocenters. The lowest BCUT2D eigenvalue weighted by atomic mass is 9.77. The molecule has 3 heterocycles. The SMILES string of the molecule is Cc1noc(C)c1C1=C[C@@H](C)C(c2[nH]c3cc(C(=O)O)nn3c(=O)c2C2CCCCC2)C=C1. The summed E-state index contributed by atoms with van der Waals surface area (Å²) >= 11 is 0. The Morgan fingerprint density at radius 3 is 2.64 bits per heavy atom. The first-order valence-corrected chi connectivity index (χ1v) is 11.6. The zero-order valence-electron chi connectivity index (χ0n) is 19.1. The first-order chi connectivity index (χ1) is 15.8. The minimum atomic E-state index is -1.15. The van der Waals surface area contributed by atoms with Gasteiger partial charge < -0.3 is 14.6 Å². The minimum absolute atomic E-state index is 0.0352. The lowest BCUT2D eigenvalue weighted by Gasteiger charge is -2.29. The van der Waals surface area contributed by atoms with E-state index in [2.05, 4.69) is 40.4 Å². The summed E-state index contributed by atoms with van der Waals surface area (Å²) in [6.07, 6.45) is 11.7. The van der Waals surface area contributed by atoms with Gasteiger partial charge >= 0.3 is 5.97 Å². The van der Waals surface area contributed by atoms with Gasteiger partial charge in [0.1, 0.15) is 11.4 Å². The monoisotopic (exact) mass is 448 g/mol. The number of nitrogens with zero attached hydrogens (tertiary/aromatic N) is 3. The van der Waals surface area contributed by atoms with Crippen molar-refractivity contribution < 1.29 is 14.4 Å². The number of hydrogen-bond acceptors (Lipinski definition) is 5. The Hall–Kier alpha value is -3.42. The predicted octanol–water partition coefficient (Wildman–Crippen LogP) is 4.75. The molecule has 0 saturated heterocycles. The highest BCUT2D eigenvalue weighted by atomic mass is 16.5. The van der Waals surface area contributed by atoms with E-state index in [1.807, 2.05) is 13.8 Å². The van der Waals surface area contributed by atoms with Crippen molar-refractivity contribution >= 4 is 17.2 Å². The van der Waals surface area contributed by atoms with Crippen LogP contribution in [0.2, 0.25) is 0 Å². The molecule has 3 aromatic heterocycles. The van der Waals surface area contributed by atoms with E-state index < -0.39 is 5.97 Å². The number of carboxylic acid groups (broad SMARTS) is 1. The van der Waals surface area contributed by atoms with Crippen molar-refractivity contribution in [2.24, 2.45) is 5.92 Å². The molecule has 2 aliphatic carbocycles. The molecule has 8 heteroatoms. The Kier molecular flexibility index (Phi) is 5.31. The van der Waals surface area contributed by atoms with Gasteiger partial charge in [0.2, 0.25) is 0 Å². The van der Waals surface area contributed by atoms with Crippen LogP contribution in [-0.4, -0.2) is 30.8 Å². The van der Waals surface area contributed by atoms with Gasteiger partial charge in [0.15, 0.2) is 5.69 Å². The van der Waals surface area contributed by atoms with Crippen LogP contribution in [0.3, 0.4) is 0 Å². The zero-order chi connectivity index (χ0) is 23.3. The topological polar surface area (TPSA) is 113 Å². The number of carbonyl (C=O) groups is 1. The largest absolute Gasteiger partial charge is 0.476 e. The minimum Gasteiger partial charge on any atom is -0.476 e. The number of nitrogens with one attached hydrogen (secondary N) is 1. The maximum absolute atomic E-state index is 13.6. The van der Waals surface area contributed by atoms with E-state index in [0.717, 1.165) is 59.5 Å². The zero-order valence-corrected chi connectivity index (χ0v) is 19.1. The van der Waals surface area contributed by atoms with Crippen molar-refractivity contribution in [2.75, 3.05) is 0 Å². The number of allylic oxidation sites excluding steroid dienone is 4. The van der Waals surface area contributed by atoms with E-state index in [4.69, 9.17) is 4.52 Å². The van der Waals surface area contributed by atoms with Crippen LogP contribution in [0.5, 0.6) is 0 Å². The summed E-state index contributed by atoms with van der Waals surface area (Å²) < 4.78 is 6.57. The highest BCUT2D eigenvalue weighted by molar-refractivity contribution is 5.86. The molecule has 1 unspecified atom stereocenters. The molecule has 172 valence electrons. The van der Waals surface area contributed by atoms with Gasteiger partial charge in [-0.25, -0.2) is 4.79 Å². The fourth-order valence-corrected chi connectivity index (χ4v) is 5.46. The van der Waals surface area contributed by atoms with E-state index >= 15 is 0 Å².